The number of ether oxygens (including phenoxy) is 3. The second kappa shape index (κ2) is 64.6. The number of carbonyl (C=O) groups excluding carboxylic acids is 3. The molecule has 0 aromatic heterocycles. The van der Waals surface area contributed by atoms with Gasteiger partial charge in [0.05, 0.1) is 0 Å². The third-order valence-corrected chi connectivity index (χ3v) is 14.8. The number of hydrogen-bond donors (Lipinski definition) is 0. The number of allylic oxidation sites excluding steroid dienone is 10. The Morgan fingerprint density at radius 1 is 0.276 bits per heavy atom. The summed E-state index contributed by atoms with van der Waals surface area (Å²) in [6.07, 6.45) is 82.6. The van der Waals surface area contributed by atoms with Gasteiger partial charge in [-0.2, -0.15) is 0 Å². The van der Waals surface area contributed by atoms with Gasteiger partial charge in [0.1, 0.15) is 13.2 Å². The monoisotopic (exact) mass is 1060 g/mol. The molecule has 76 heavy (non-hydrogen) atoms. The Balaban J connectivity index is 4.13. The van der Waals surface area contributed by atoms with Gasteiger partial charge in [0.25, 0.3) is 0 Å². The average Bonchev–Trinajstić information content (AvgIpc) is 3.42. The predicted octanol–water partition coefficient (Wildman–Crippen LogP) is 22.7. The summed E-state index contributed by atoms with van der Waals surface area (Å²) in [5.74, 6) is -0.872. The Morgan fingerprint density at radius 2 is 0.513 bits per heavy atom. The quantitative estimate of drug-likeness (QED) is 0.0261. The third-order valence-electron chi connectivity index (χ3n) is 14.8. The van der Waals surface area contributed by atoms with Crippen molar-refractivity contribution >= 4 is 17.9 Å². The molecule has 442 valence electrons. The minimum Gasteiger partial charge on any atom is -0.462 e. The van der Waals surface area contributed by atoms with E-state index in [1.165, 1.54) is 212 Å². The molecule has 0 spiro atoms. The first-order valence-electron chi connectivity index (χ1n) is 33.3. The molecule has 0 aromatic rings. The van der Waals surface area contributed by atoms with Gasteiger partial charge in [-0.25, -0.2) is 0 Å². The number of unbranched alkanes of at least 4 members (excludes halogenated alkanes) is 40. The molecule has 1 unspecified atom stereocenters. The lowest BCUT2D eigenvalue weighted by molar-refractivity contribution is -0.167. The number of hydrogen-bond acceptors (Lipinski definition) is 6. The first kappa shape index (κ1) is 73.1. The summed E-state index contributed by atoms with van der Waals surface area (Å²) >= 11 is 0. The lowest BCUT2D eigenvalue weighted by atomic mass is 10.0. The average molecular weight is 1060 g/mol. The Bertz CT molecular complexity index is 1360. The molecule has 6 heteroatoms. The Labute approximate surface area is 472 Å². The van der Waals surface area contributed by atoms with Crippen LogP contribution in [0.3, 0.4) is 0 Å². The number of carbonyl (C=O) groups is 3. The fourth-order valence-electron chi connectivity index (χ4n) is 9.83. The van der Waals surface area contributed by atoms with Crippen molar-refractivity contribution in [2.45, 2.75) is 354 Å². The van der Waals surface area contributed by atoms with Gasteiger partial charge >= 0.3 is 17.9 Å². The molecule has 0 fully saturated rings. The molecule has 0 heterocycles. The summed E-state index contributed by atoms with van der Waals surface area (Å²) in [6, 6.07) is 0. The van der Waals surface area contributed by atoms with Crippen LogP contribution in [0.25, 0.3) is 0 Å². The van der Waals surface area contributed by atoms with Gasteiger partial charge in [-0.15, -0.1) is 0 Å². The second-order valence-corrected chi connectivity index (χ2v) is 22.4. The van der Waals surface area contributed by atoms with Crippen LogP contribution in [0.5, 0.6) is 0 Å². The van der Waals surface area contributed by atoms with Crippen LogP contribution in [-0.2, 0) is 28.6 Å². The highest BCUT2D eigenvalue weighted by Gasteiger charge is 2.19. The van der Waals surface area contributed by atoms with Crippen molar-refractivity contribution in [1.82, 2.24) is 0 Å². The van der Waals surface area contributed by atoms with Crippen LogP contribution >= 0.6 is 0 Å². The Morgan fingerprint density at radius 3 is 0.803 bits per heavy atom. The van der Waals surface area contributed by atoms with Gasteiger partial charge in [-0.1, -0.05) is 326 Å². The maximum atomic E-state index is 12.9. The highest BCUT2D eigenvalue weighted by Crippen LogP contribution is 2.18. The lowest BCUT2D eigenvalue weighted by Crippen LogP contribution is -2.30. The normalized spacial score (nSPS) is 12.4. The summed E-state index contributed by atoms with van der Waals surface area (Å²) < 4.78 is 16.9. The molecule has 0 radical (unpaired) electrons. The summed E-state index contributed by atoms with van der Waals surface area (Å²) in [6.45, 7) is 6.54. The zero-order chi connectivity index (χ0) is 55.0. The molecule has 0 amide bonds. The number of rotatable bonds is 61. The first-order chi connectivity index (χ1) is 37.5. The van der Waals surface area contributed by atoms with Crippen LogP contribution in [0, 0.1) is 0 Å². The highest BCUT2D eigenvalue weighted by atomic mass is 16.6. The minimum atomic E-state index is -0.777. The highest BCUT2D eigenvalue weighted by molar-refractivity contribution is 5.71. The van der Waals surface area contributed by atoms with Gasteiger partial charge < -0.3 is 14.2 Å². The molecule has 6 nitrogen and oxygen atoms in total. The van der Waals surface area contributed by atoms with Gasteiger partial charge in [0, 0.05) is 19.3 Å². The van der Waals surface area contributed by atoms with Crippen LogP contribution < -0.4 is 0 Å². The van der Waals surface area contributed by atoms with Crippen molar-refractivity contribution in [2.75, 3.05) is 13.2 Å². The van der Waals surface area contributed by atoms with Crippen molar-refractivity contribution in [1.29, 1.82) is 0 Å². The van der Waals surface area contributed by atoms with E-state index in [0.29, 0.717) is 19.3 Å². The fraction of sp³-hybridized carbons (Fsp3) is 0.814. The summed E-state index contributed by atoms with van der Waals surface area (Å²) in [5, 5.41) is 0. The van der Waals surface area contributed by atoms with Crippen molar-refractivity contribution in [3.63, 3.8) is 0 Å². The molecule has 0 saturated heterocycles. The maximum absolute atomic E-state index is 12.9. The second-order valence-electron chi connectivity index (χ2n) is 22.4. The van der Waals surface area contributed by atoms with E-state index in [4.69, 9.17) is 14.2 Å². The molecule has 0 bridgehead atoms. The molecule has 0 saturated carbocycles. The van der Waals surface area contributed by atoms with Crippen molar-refractivity contribution in [3.8, 4) is 0 Å². The minimum absolute atomic E-state index is 0.0747. The molecular formula is C70H126O6. The van der Waals surface area contributed by atoms with Gasteiger partial charge in [-0.3, -0.25) is 14.4 Å². The van der Waals surface area contributed by atoms with E-state index in [-0.39, 0.29) is 31.1 Å². The van der Waals surface area contributed by atoms with E-state index < -0.39 is 6.10 Å². The van der Waals surface area contributed by atoms with Crippen molar-refractivity contribution < 1.29 is 28.6 Å². The van der Waals surface area contributed by atoms with E-state index in [1.807, 2.05) is 0 Å². The van der Waals surface area contributed by atoms with Gasteiger partial charge in [0.15, 0.2) is 6.10 Å². The van der Waals surface area contributed by atoms with E-state index in [2.05, 4.69) is 81.5 Å². The van der Waals surface area contributed by atoms with Crippen LogP contribution in [0.4, 0.5) is 0 Å². The Kier molecular flexibility index (Phi) is 62.2. The van der Waals surface area contributed by atoms with E-state index >= 15 is 0 Å². The predicted molar refractivity (Wildman–Crippen MR) is 330 cm³/mol. The number of esters is 3. The van der Waals surface area contributed by atoms with Crippen LogP contribution in [0.1, 0.15) is 348 Å². The van der Waals surface area contributed by atoms with E-state index in [9.17, 15) is 14.4 Å². The molecular weight excluding hydrogens is 937 g/mol. The SMILES string of the molecule is CC/C=C\C/C=C\C/C=C\C/C=C\C/C=C\CCCCCCCCCC(=O)OC(COC(=O)CCCCCCCCCC)COC(=O)CCCCCCCCCCCCCCCCCCCCCCCCCCCCC. The molecule has 0 N–H and O–H groups in total. The summed E-state index contributed by atoms with van der Waals surface area (Å²) in [4.78, 5) is 38.2. The lowest BCUT2D eigenvalue weighted by Gasteiger charge is -2.18. The van der Waals surface area contributed by atoms with Crippen molar-refractivity contribution in [2.24, 2.45) is 0 Å². The van der Waals surface area contributed by atoms with E-state index in [0.717, 1.165) is 96.3 Å². The molecule has 0 aliphatic heterocycles. The standard InChI is InChI=1S/C70H126O6/c1-4-7-10-13-16-19-21-23-25-27-29-31-33-34-35-36-38-39-41-43-45-47-49-51-54-57-60-63-69(72)75-66-67(65-74-68(71)62-59-56-53-18-15-12-9-6-3)76-70(73)64-61-58-55-52-50-48-46-44-42-40-37-32-30-28-26-24-22-20-17-14-11-8-5-2/h8,11,17,20,24,26,30,32,40,42,67H,4-7,9-10,12-16,18-19,21-23,25,27-29,31,33-39,41,43-66H2,1-3H3/b11-8-,20-17-,26-24-,32-30-,42-40-. The van der Waals surface area contributed by atoms with E-state index in [1.54, 1.807) is 0 Å². The van der Waals surface area contributed by atoms with Crippen LogP contribution in [0.15, 0.2) is 60.8 Å². The zero-order valence-electron chi connectivity index (χ0n) is 50.8. The van der Waals surface area contributed by atoms with Crippen molar-refractivity contribution in [3.05, 3.63) is 60.8 Å². The third kappa shape index (κ3) is 62.0. The molecule has 0 aliphatic rings. The van der Waals surface area contributed by atoms with Crippen LogP contribution in [-0.4, -0.2) is 37.2 Å². The molecule has 1 atom stereocenters. The first-order valence-corrected chi connectivity index (χ1v) is 33.3. The maximum Gasteiger partial charge on any atom is 0.306 e. The fourth-order valence-corrected chi connectivity index (χ4v) is 9.83. The zero-order valence-corrected chi connectivity index (χ0v) is 50.8. The van der Waals surface area contributed by atoms with Gasteiger partial charge in [-0.05, 0) is 64.2 Å². The topological polar surface area (TPSA) is 78.9 Å². The summed E-state index contributed by atoms with van der Waals surface area (Å²) in [5.41, 5.74) is 0. The Hall–Kier alpha value is -2.89. The molecule has 0 aliphatic carbocycles. The molecule has 0 aromatic carbocycles. The smallest absolute Gasteiger partial charge is 0.306 e. The van der Waals surface area contributed by atoms with Crippen LogP contribution in [0.2, 0.25) is 0 Å². The molecule has 0 rings (SSSR count). The largest absolute Gasteiger partial charge is 0.462 e. The van der Waals surface area contributed by atoms with Gasteiger partial charge in [0.2, 0.25) is 0 Å². The summed E-state index contributed by atoms with van der Waals surface area (Å²) in [7, 11) is 0.